The second kappa shape index (κ2) is 6.48. The van der Waals surface area contributed by atoms with E-state index >= 15 is 0 Å². The van der Waals surface area contributed by atoms with Gasteiger partial charge < -0.3 is 10.6 Å². The van der Waals surface area contributed by atoms with Gasteiger partial charge in [-0.2, -0.15) is 0 Å². The molecule has 0 aromatic heterocycles. The normalized spacial score (nSPS) is 23.2. The molecule has 1 aromatic rings. The Morgan fingerprint density at radius 2 is 2.10 bits per heavy atom. The van der Waals surface area contributed by atoms with Crippen LogP contribution in [0, 0.1) is 0 Å². The van der Waals surface area contributed by atoms with Gasteiger partial charge in [0.2, 0.25) is 5.91 Å². The average Bonchev–Trinajstić information content (AvgIpc) is 2.97. The lowest BCUT2D eigenvalue weighted by Crippen LogP contribution is -2.47. The third-order valence-corrected chi connectivity index (χ3v) is 4.67. The average molecular weight is 287 g/mol. The zero-order valence-electron chi connectivity index (χ0n) is 12.8. The summed E-state index contributed by atoms with van der Waals surface area (Å²) in [5.41, 5.74) is 2.34. The van der Waals surface area contributed by atoms with Gasteiger partial charge in [-0.15, -0.1) is 0 Å². The molecule has 0 saturated carbocycles. The van der Waals surface area contributed by atoms with Gasteiger partial charge in [-0.1, -0.05) is 24.6 Å². The van der Waals surface area contributed by atoms with Gasteiger partial charge in [0.1, 0.15) is 6.04 Å². The highest BCUT2D eigenvalue weighted by molar-refractivity contribution is 5.87. The number of hydrogen-bond acceptors (Lipinski definition) is 3. The molecule has 0 aliphatic carbocycles. The SMILES string of the molecule is CC(CNC(=O)C1Cc2ccccc2N1)N1CCCCC1. The lowest BCUT2D eigenvalue weighted by Gasteiger charge is -2.32. The van der Waals surface area contributed by atoms with Crippen molar-refractivity contribution in [3.05, 3.63) is 29.8 Å². The standard InChI is InChI=1S/C17H25N3O/c1-13(20-9-5-2-6-10-20)12-18-17(21)16-11-14-7-3-4-8-15(14)19-16/h3-4,7-8,13,16,19H,2,5-6,9-12H2,1H3,(H,18,21). The summed E-state index contributed by atoms with van der Waals surface area (Å²) in [5.74, 6) is 0.120. The Kier molecular flexibility index (Phi) is 4.44. The molecule has 0 radical (unpaired) electrons. The Morgan fingerprint density at radius 1 is 1.33 bits per heavy atom. The number of nitrogens with one attached hydrogen (secondary N) is 2. The van der Waals surface area contributed by atoms with E-state index in [9.17, 15) is 4.79 Å². The molecule has 0 spiro atoms. The summed E-state index contributed by atoms with van der Waals surface area (Å²) in [6.07, 6.45) is 4.72. The molecular formula is C17H25N3O. The van der Waals surface area contributed by atoms with E-state index in [2.05, 4.69) is 28.5 Å². The Labute approximate surface area is 126 Å². The lowest BCUT2D eigenvalue weighted by atomic mass is 10.1. The number of fused-ring (bicyclic) bond motifs is 1. The number of para-hydroxylation sites is 1. The Hall–Kier alpha value is -1.55. The molecule has 2 aliphatic heterocycles. The molecule has 2 unspecified atom stereocenters. The summed E-state index contributed by atoms with van der Waals surface area (Å²) < 4.78 is 0. The largest absolute Gasteiger partial charge is 0.373 e. The van der Waals surface area contributed by atoms with Crippen LogP contribution in [0.3, 0.4) is 0 Å². The lowest BCUT2D eigenvalue weighted by molar-refractivity contribution is -0.121. The van der Waals surface area contributed by atoms with Crippen molar-refractivity contribution in [1.29, 1.82) is 0 Å². The quantitative estimate of drug-likeness (QED) is 0.890. The first-order valence-corrected chi connectivity index (χ1v) is 8.10. The molecule has 4 heteroatoms. The Balaban J connectivity index is 1.47. The third kappa shape index (κ3) is 3.38. The monoisotopic (exact) mass is 287 g/mol. The van der Waals surface area contributed by atoms with E-state index in [1.165, 1.54) is 37.9 Å². The molecule has 2 N–H and O–H groups in total. The number of nitrogens with zero attached hydrogens (tertiary/aromatic N) is 1. The summed E-state index contributed by atoms with van der Waals surface area (Å²) in [6.45, 7) is 5.30. The van der Waals surface area contributed by atoms with E-state index < -0.39 is 0 Å². The summed E-state index contributed by atoms with van der Waals surface area (Å²) in [5, 5.41) is 6.43. The molecule has 2 aliphatic rings. The first-order chi connectivity index (χ1) is 10.2. The second-order valence-corrected chi connectivity index (χ2v) is 6.25. The second-order valence-electron chi connectivity index (χ2n) is 6.25. The van der Waals surface area contributed by atoms with Crippen LogP contribution in [0.15, 0.2) is 24.3 Å². The first-order valence-electron chi connectivity index (χ1n) is 8.10. The number of carbonyl (C=O) groups excluding carboxylic acids is 1. The van der Waals surface area contributed by atoms with Gasteiger partial charge in [0.15, 0.2) is 0 Å². The van der Waals surface area contributed by atoms with E-state index in [1.54, 1.807) is 0 Å². The number of benzene rings is 1. The summed E-state index contributed by atoms with van der Waals surface area (Å²) in [4.78, 5) is 14.8. The topological polar surface area (TPSA) is 44.4 Å². The van der Waals surface area contributed by atoms with Gasteiger partial charge in [0.25, 0.3) is 0 Å². The van der Waals surface area contributed by atoms with Crippen LogP contribution in [0.5, 0.6) is 0 Å². The Bertz CT molecular complexity index is 472. The highest BCUT2D eigenvalue weighted by Crippen LogP contribution is 2.25. The van der Waals surface area contributed by atoms with E-state index in [0.717, 1.165) is 18.7 Å². The molecule has 1 fully saturated rings. The molecule has 1 amide bonds. The zero-order valence-corrected chi connectivity index (χ0v) is 12.8. The predicted molar refractivity (Wildman–Crippen MR) is 85.5 cm³/mol. The number of hydrogen-bond donors (Lipinski definition) is 2. The Morgan fingerprint density at radius 3 is 2.86 bits per heavy atom. The van der Waals surface area contributed by atoms with Crippen molar-refractivity contribution in [3.8, 4) is 0 Å². The van der Waals surface area contributed by atoms with E-state index in [-0.39, 0.29) is 11.9 Å². The maximum absolute atomic E-state index is 12.3. The predicted octanol–water partition coefficient (Wildman–Crippen LogP) is 2.01. The minimum absolute atomic E-state index is 0.115. The number of carbonyl (C=O) groups is 1. The van der Waals surface area contributed by atoms with Gasteiger partial charge >= 0.3 is 0 Å². The molecular weight excluding hydrogens is 262 g/mol. The van der Waals surface area contributed by atoms with Gasteiger partial charge in [0.05, 0.1) is 0 Å². The minimum Gasteiger partial charge on any atom is -0.373 e. The summed E-state index contributed by atoms with van der Waals surface area (Å²) in [6, 6.07) is 8.48. The maximum Gasteiger partial charge on any atom is 0.242 e. The number of rotatable bonds is 4. The van der Waals surface area contributed by atoms with Crippen LogP contribution in [-0.4, -0.2) is 42.5 Å². The highest BCUT2D eigenvalue weighted by Gasteiger charge is 2.26. The fraction of sp³-hybridized carbons (Fsp3) is 0.588. The van der Waals surface area contributed by atoms with E-state index in [1.807, 2.05) is 18.2 Å². The highest BCUT2D eigenvalue weighted by atomic mass is 16.2. The molecule has 1 saturated heterocycles. The molecule has 3 rings (SSSR count). The molecule has 1 aromatic carbocycles. The van der Waals surface area contributed by atoms with Crippen LogP contribution in [0.2, 0.25) is 0 Å². The van der Waals surface area contributed by atoms with Crippen molar-refractivity contribution in [3.63, 3.8) is 0 Å². The molecule has 2 heterocycles. The van der Waals surface area contributed by atoms with Crippen molar-refractivity contribution in [2.75, 3.05) is 25.0 Å². The smallest absolute Gasteiger partial charge is 0.242 e. The molecule has 4 nitrogen and oxygen atoms in total. The van der Waals surface area contributed by atoms with Crippen molar-refractivity contribution >= 4 is 11.6 Å². The zero-order chi connectivity index (χ0) is 14.7. The first kappa shape index (κ1) is 14.4. The number of anilines is 1. The molecule has 21 heavy (non-hydrogen) atoms. The summed E-state index contributed by atoms with van der Waals surface area (Å²) in [7, 11) is 0. The fourth-order valence-corrected chi connectivity index (χ4v) is 3.32. The molecule has 0 bridgehead atoms. The van der Waals surface area contributed by atoms with Crippen LogP contribution in [0.1, 0.15) is 31.7 Å². The van der Waals surface area contributed by atoms with Crippen LogP contribution in [0.25, 0.3) is 0 Å². The van der Waals surface area contributed by atoms with Crippen LogP contribution < -0.4 is 10.6 Å². The van der Waals surface area contributed by atoms with Gasteiger partial charge in [-0.05, 0) is 44.5 Å². The van der Waals surface area contributed by atoms with Crippen molar-refractivity contribution in [1.82, 2.24) is 10.2 Å². The van der Waals surface area contributed by atoms with Crippen molar-refractivity contribution in [2.45, 2.75) is 44.7 Å². The van der Waals surface area contributed by atoms with Crippen molar-refractivity contribution < 1.29 is 4.79 Å². The van der Waals surface area contributed by atoms with Gasteiger partial charge in [-0.25, -0.2) is 0 Å². The van der Waals surface area contributed by atoms with Crippen LogP contribution >= 0.6 is 0 Å². The maximum atomic E-state index is 12.3. The fourth-order valence-electron chi connectivity index (χ4n) is 3.32. The van der Waals surface area contributed by atoms with E-state index in [4.69, 9.17) is 0 Å². The number of likely N-dealkylation sites (tertiary alicyclic amines) is 1. The molecule has 2 atom stereocenters. The van der Waals surface area contributed by atoms with Crippen molar-refractivity contribution in [2.24, 2.45) is 0 Å². The summed E-state index contributed by atoms with van der Waals surface area (Å²) >= 11 is 0. The van der Waals surface area contributed by atoms with Crippen LogP contribution in [-0.2, 0) is 11.2 Å². The minimum atomic E-state index is -0.115. The number of amides is 1. The van der Waals surface area contributed by atoms with Gasteiger partial charge in [-0.3, -0.25) is 9.69 Å². The third-order valence-electron chi connectivity index (χ3n) is 4.67. The molecule has 114 valence electrons. The van der Waals surface area contributed by atoms with Crippen LogP contribution in [0.4, 0.5) is 5.69 Å². The number of piperidine rings is 1. The van der Waals surface area contributed by atoms with E-state index in [0.29, 0.717) is 6.04 Å². The van der Waals surface area contributed by atoms with Gasteiger partial charge in [0, 0.05) is 24.7 Å².